The second-order valence-electron chi connectivity index (χ2n) is 11.0. The lowest BCUT2D eigenvalue weighted by molar-refractivity contribution is 0.103. The minimum Gasteiger partial charge on any atom is -0.361 e. The van der Waals surface area contributed by atoms with Crippen molar-refractivity contribution < 1.29 is 8.91 Å². The van der Waals surface area contributed by atoms with Crippen molar-refractivity contribution in [1.82, 2.24) is 14.7 Å². The van der Waals surface area contributed by atoms with Crippen LogP contribution in [0.4, 0.5) is 4.39 Å². The van der Waals surface area contributed by atoms with Gasteiger partial charge in [-0.05, 0) is 88.5 Å². The van der Waals surface area contributed by atoms with Gasteiger partial charge in [0.25, 0.3) is 0 Å². The van der Waals surface area contributed by atoms with E-state index in [4.69, 9.17) is 9.51 Å². The number of allylic oxidation sites excluding steroid dienone is 1. The van der Waals surface area contributed by atoms with E-state index in [2.05, 4.69) is 28.6 Å². The van der Waals surface area contributed by atoms with Gasteiger partial charge in [0.15, 0.2) is 0 Å². The summed E-state index contributed by atoms with van der Waals surface area (Å²) in [6, 6.07) is 6.25. The molecule has 0 saturated heterocycles. The molecule has 3 heterocycles. The van der Waals surface area contributed by atoms with Crippen molar-refractivity contribution >= 4 is 16.6 Å². The average molecular weight is 484 g/mol. The normalized spacial score (nSPS) is 16.5. The summed E-state index contributed by atoms with van der Waals surface area (Å²) in [5, 5.41) is 5.14. The first-order chi connectivity index (χ1) is 17.3. The Labute approximate surface area is 212 Å². The van der Waals surface area contributed by atoms with Crippen LogP contribution in [0.1, 0.15) is 74.1 Å². The van der Waals surface area contributed by atoms with Gasteiger partial charge in [0.2, 0.25) is 0 Å². The summed E-state index contributed by atoms with van der Waals surface area (Å²) in [5.74, 6) is 1.92. The summed E-state index contributed by atoms with van der Waals surface area (Å²) in [6.07, 6.45) is 11.8. The number of hydrogen-bond donors (Lipinski definition) is 0. The monoisotopic (exact) mass is 483 g/mol. The highest BCUT2D eigenvalue weighted by atomic mass is 19.1. The van der Waals surface area contributed by atoms with Crippen molar-refractivity contribution in [3.8, 4) is 22.3 Å². The van der Waals surface area contributed by atoms with Gasteiger partial charge in [-0.3, -0.25) is 0 Å². The second kappa shape index (κ2) is 8.72. The van der Waals surface area contributed by atoms with E-state index in [0.717, 1.165) is 55.9 Å². The summed E-state index contributed by atoms with van der Waals surface area (Å²) in [7, 11) is 0. The zero-order valence-electron chi connectivity index (χ0n) is 21.7. The van der Waals surface area contributed by atoms with Crippen molar-refractivity contribution in [1.29, 1.82) is 0 Å². The van der Waals surface area contributed by atoms with Gasteiger partial charge >= 0.3 is 0 Å². The molecule has 4 nitrogen and oxygen atoms in total. The summed E-state index contributed by atoms with van der Waals surface area (Å²) in [5.41, 5.74) is 7.90. The molecule has 0 N–H and O–H groups in total. The van der Waals surface area contributed by atoms with E-state index in [-0.39, 0.29) is 5.82 Å². The first-order valence-corrected chi connectivity index (χ1v) is 13.2. The molecular formula is C31H34FN3O. The molecule has 0 atom stereocenters. The minimum atomic E-state index is -0.210. The SMILES string of the molecule is C=C(C)c1cc(C)c(-c2cn(C(C3CCC3)C3CCC3)c3ncc(-c4c(C)noc4C)cc23)c(F)c1. The number of halogens is 1. The number of rotatable bonds is 6. The van der Waals surface area contributed by atoms with Crippen molar-refractivity contribution in [2.45, 2.75) is 72.3 Å². The maximum absolute atomic E-state index is 15.8. The zero-order chi connectivity index (χ0) is 25.1. The molecule has 2 aliphatic carbocycles. The van der Waals surface area contributed by atoms with Crippen LogP contribution < -0.4 is 0 Å². The third-order valence-corrected chi connectivity index (χ3v) is 8.63. The van der Waals surface area contributed by atoms with Gasteiger partial charge in [-0.2, -0.15) is 0 Å². The Hall–Kier alpha value is -3.21. The van der Waals surface area contributed by atoms with E-state index in [0.29, 0.717) is 23.4 Å². The third-order valence-electron chi connectivity index (χ3n) is 8.63. The number of aromatic nitrogens is 3. The van der Waals surface area contributed by atoms with E-state index in [9.17, 15) is 0 Å². The van der Waals surface area contributed by atoms with Gasteiger partial charge in [0.1, 0.15) is 17.2 Å². The van der Waals surface area contributed by atoms with E-state index in [1.54, 1.807) is 6.07 Å². The molecule has 0 spiro atoms. The molecule has 0 radical (unpaired) electrons. The number of nitrogens with zero attached hydrogens (tertiary/aromatic N) is 3. The molecule has 0 aliphatic heterocycles. The Kier molecular flexibility index (Phi) is 5.62. The van der Waals surface area contributed by atoms with Crippen molar-refractivity contribution in [3.05, 3.63) is 65.6 Å². The van der Waals surface area contributed by atoms with Crippen molar-refractivity contribution in [2.24, 2.45) is 11.8 Å². The smallest absolute Gasteiger partial charge is 0.141 e. The van der Waals surface area contributed by atoms with E-state index in [1.807, 2.05) is 40.0 Å². The molecule has 0 amide bonds. The Morgan fingerprint density at radius 1 is 1.06 bits per heavy atom. The molecule has 36 heavy (non-hydrogen) atoms. The predicted molar refractivity (Wildman–Crippen MR) is 143 cm³/mol. The molecule has 2 aliphatic rings. The summed E-state index contributed by atoms with van der Waals surface area (Å²) in [4.78, 5) is 5.03. The highest BCUT2D eigenvalue weighted by molar-refractivity contribution is 5.97. The fraction of sp³-hybridized carbons (Fsp3) is 0.419. The lowest BCUT2D eigenvalue weighted by Gasteiger charge is -2.43. The fourth-order valence-corrected chi connectivity index (χ4v) is 6.32. The predicted octanol–water partition coefficient (Wildman–Crippen LogP) is 8.60. The topological polar surface area (TPSA) is 43.9 Å². The molecule has 5 heteroatoms. The Balaban J connectivity index is 1.60. The highest BCUT2D eigenvalue weighted by Crippen LogP contribution is 2.50. The van der Waals surface area contributed by atoms with Crippen LogP contribution in [0.2, 0.25) is 0 Å². The molecule has 4 aromatic rings. The molecule has 2 fully saturated rings. The first kappa shape index (κ1) is 23.2. The van der Waals surface area contributed by atoms with Crippen LogP contribution in [0.5, 0.6) is 0 Å². The standard InChI is InChI=1S/C31H34FN3O/c1-17(2)23-12-18(3)28(27(32)14-23)26-16-35(30(21-8-6-9-21)22-10-7-11-22)31-25(26)13-24(15-33-31)29-19(4)34-36-20(29)5/h12-16,21-22,30H,1,6-11H2,2-5H3. The van der Waals surface area contributed by atoms with Crippen LogP contribution in [0, 0.1) is 38.4 Å². The molecule has 6 rings (SSSR count). The lowest BCUT2D eigenvalue weighted by atomic mass is 9.68. The first-order valence-electron chi connectivity index (χ1n) is 13.2. The van der Waals surface area contributed by atoms with Crippen LogP contribution in [0.3, 0.4) is 0 Å². The van der Waals surface area contributed by atoms with Gasteiger partial charge in [-0.25, -0.2) is 9.37 Å². The largest absolute Gasteiger partial charge is 0.361 e. The Morgan fingerprint density at radius 3 is 2.28 bits per heavy atom. The van der Waals surface area contributed by atoms with Crippen LogP contribution in [0.15, 0.2) is 41.7 Å². The van der Waals surface area contributed by atoms with Gasteiger partial charge < -0.3 is 9.09 Å². The second-order valence-corrected chi connectivity index (χ2v) is 11.0. The summed E-state index contributed by atoms with van der Waals surface area (Å²) in [6.45, 7) is 11.8. The number of pyridine rings is 1. The molecule has 0 bridgehead atoms. The minimum absolute atomic E-state index is 0.210. The number of benzene rings is 1. The lowest BCUT2D eigenvalue weighted by Crippen LogP contribution is -2.34. The molecular weight excluding hydrogens is 449 g/mol. The molecule has 3 aromatic heterocycles. The maximum Gasteiger partial charge on any atom is 0.141 e. The van der Waals surface area contributed by atoms with E-state index < -0.39 is 0 Å². The van der Waals surface area contributed by atoms with Crippen LogP contribution in [-0.2, 0) is 0 Å². The maximum atomic E-state index is 15.8. The van der Waals surface area contributed by atoms with Crippen LogP contribution in [0.25, 0.3) is 38.9 Å². The van der Waals surface area contributed by atoms with Crippen molar-refractivity contribution in [2.75, 3.05) is 0 Å². The van der Waals surface area contributed by atoms with E-state index >= 15 is 4.39 Å². The number of aryl methyl sites for hydroxylation is 3. The Bertz CT molecular complexity index is 1430. The summed E-state index contributed by atoms with van der Waals surface area (Å²) >= 11 is 0. The quantitative estimate of drug-likeness (QED) is 0.276. The number of fused-ring (bicyclic) bond motifs is 1. The summed E-state index contributed by atoms with van der Waals surface area (Å²) < 4.78 is 23.6. The third kappa shape index (κ3) is 3.63. The van der Waals surface area contributed by atoms with Gasteiger partial charge in [-0.1, -0.05) is 36.2 Å². The fourth-order valence-electron chi connectivity index (χ4n) is 6.32. The highest BCUT2D eigenvalue weighted by Gasteiger charge is 2.38. The molecule has 2 saturated carbocycles. The van der Waals surface area contributed by atoms with Crippen LogP contribution >= 0.6 is 0 Å². The number of hydrogen-bond acceptors (Lipinski definition) is 3. The molecule has 186 valence electrons. The van der Waals surface area contributed by atoms with Crippen LogP contribution in [-0.4, -0.2) is 14.7 Å². The van der Waals surface area contributed by atoms with E-state index in [1.165, 1.54) is 38.5 Å². The van der Waals surface area contributed by atoms with Gasteiger partial charge in [0, 0.05) is 46.1 Å². The Morgan fingerprint density at radius 2 is 1.75 bits per heavy atom. The van der Waals surface area contributed by atoms with Gasteiger partial charge in [0.05, 0.1) is 5.69 Å². The molecule has 0 unspecified atom stereocenters. The molecule has 1 aromatic carbocycles. The van der Waals surface area contributed by atoms with Gasteiger partial charge in [-0.15, -0.1) is 0 Å². The average Bonchev–Trinajstić information content (AvgIpc) is 3.29. The van der Waals surface area contributed by atoms with Crippen molar-refractivity contribution in [3.63, 3.8) is 0 Å². The zero-order valence-corrected chi connectivity index (χ0v) is 21.7.